The molecule has 0 aliphatic carbocycles. The van der Waals surface area contributed by atoms with Crippen LogP contribution >= 0.6 is 8.03 Å². The maximum atomic E-state index is 11.1. The number of ketones is 1. The summed E-state index contributed by atoms with van der Waals surface area (Å²) in [6, 6.07) is 6.56. The molecule has 68 valence electrons. The van der Waals surface area contributed by atoms with E-state index in [0.29, 0.717) is 10.9 Å². The lowest BCUT2D eigenvalue weighted by Gasteiger charge is -1.91. The van der Waals surface area contributed by atoms with E-state index in [4.69, 9.17) is 0 Å². The predicted octanol–water partition coefficient (Wildman–Crippen LogP) is 1.90. The molecule has 0 saturated heterocycles. The topological polar surface area (TPSA) is 43.4 Å². The van der Waals surface area contributed by atoms with Crippen LogP contribution in [0.15, 0.2) is 24.3 Å². The largest absolute Gasteiger partial charge is 0.548 e. The van der Waals surface area contributed by atoms with Crippen LogP contribution in [-0.4, -0.2) is 12.9 Å². The fourth-order valence-electron chi connectivity index (χ4n) is 0.923. The standard InChI is InChI=1S/C9H10O3P/c1-7(10)8-3-5-9(6-4-8)13(11)12-2/h3-6H,1-2H3/q+1. The van der Waals surface area contributed by atoms with Crippen LogP contribution in [0.25, 0.3) is 0 Å². The van der Waals surface area contributed by atoms with E-state index in [0.717, 1.165) is 0 Å². The van der Waals surface area contributed by atoms with Crippen LogP contribution in [0.3, 0.4) is 0 Å². The Bertz CT molecular complexity index is 329. The second-order valence-electron chi connectivity index (χ2n) is 2.54. The Kier molecular flexibility index (Phi) is 3.29. The molecule has 0 fully saturated rings. The van der Waals surface area contributed by atoms with E-state index in [9.17, 15) is 9.36 Å². The van der Waals surface area contributed by atoms with Gasteiger partial charge < -0.3 is 0 Å². The van der Waals surface area contributed by atoms with E-state index in [1.165, 1.54) is 14.0 Å². The molecule has 0 heterocycles. The minimum absolute atomic E-state index is 0.000747. The van der Waals surface area contributed by atoms with Crippen LogP contribution in [0.1, 0.15) is 17.3 Å². The van der Waals surface area contributed by atoms with Gasteiger partial charge in [0, 0.05) is 5.56 Å². The van der Waals surface area contributed by atoms with Crippen LogP contribution in [0.2, 0.25) is 0 Å². The van der Waals surface area contributed by atoms with E-state index in [-0.39, 0.29) is 5.78 Å². The van der Waals surface area contributed by atoms with E-state index in [1.807, 2.05) is 0 Å². The second kappa shape index (κ2) is 4.26. The minimum Gasteiger partial charge on any atom is -0.295 e. The van der Waals surface area contributed by atoms with Gasteiger partial charge in [0.25, 0.3) is 0 Å². The number of hydrogen-bond donors (Lipinski definition) is 0. The highest BCUT2D eigenvalue weighted by Gasteiger charge is 2.19. The molecule has 3 nitrogen and oxygen atoms in total. The summed E-state index contributed by atoms with van der Waals surface area (Å²) in [6.07, 6.45) is 0. The molecular formula is C9H10O3P+. The maximum absolute atomic E-state index is 11.1. The van der Waals surface area contributed by atoms with E-state index < -0.39 is 8.03 Å². The number of Topliss-reactive ketones (excluding diaryl/α,β-unsaturated/α-hetero) is 1. The Morgan fingerprint density at radius 1 is 1.31 bits per heavy atom. The number of hydrogen-bond acceptors (Lipinski definition) is 3. The van der Waals surface area contributed by atoms with Crippen LogP contribution in [-0.2, 0) is 9.09 Å². The first kappa shape index (κ1) is 10.0. The van der Waals surface area contributed by atoms with Crippen molar-refractivity contribution in [2.45, 2.75) is 6.92 Å². The van der Waals surface area contributed by atoms with Crippen molar-refractivity contribution in [2.75, 3.05) is 7.11 Å². The van der Waals surface area contributed by atoms with Crippen molar-refractivity contribution < 1.29 is 13.9 Å². The fourth-order valence-corrected chi connectivity index (χ4v) is 1.53. The number of carbonyl (C=O) groups excluding carboxylic acids is 1. The molecule has 1 unspecified atom stereocenters. The highest BCUT2D eigenvalue weighted by atomic mass is 31.1. The molecule has 0 amide bonds. The molecule has 13 heavy (non-hydrogen) atoms. The first-order valence-corrected chi connectivity index (χ1v) is 4.95. The van der Waals surface area contributed by atoms with Gasteiger partial charge in [0.1, 0.15) is 0 Å². The Balaban J connectivity index is 2.93. The predicted molar refractivity (Wildman–Crippen MR) is 50.7 cm³/mol. The molecule has 0 bridgehead atoms. The summed E-state index contributed by atoms with van der Waals surface area (Å²) in [5.41, 5.74) is 0.614. The van der Waals surface area contributed by atoms with Gasteiger partial charge >= 0.3 is 8.03 Å². The van der Waals surface area contributed by atoms with Crippen molar-refractivity contribution in [1.82, 2.24) is 0 Å². The highest BCUT2D eigenvalue weighted by molar-refractivity contribution is 7.48. The van der Waals surface area contributed by atoms with Crippen LogP contribution in [0.4, 0.5) is 0 Å². The Morgan fingerprint density at radius 3 is 2.23 bits per heavy atom. The van der Waals surface area contributed by atoms with Crippen LogP contribution in [0.5, 0.6) is 0 Å². The summed E-state index contributed by atoms with van der Waals surface area (Å²) >= 11 is 0. The molecule has 1 aromatic rings. The zero-order valence-corrected chi connectivity index (χ0v) is 8.38. The van der Waals surface area contributed by atoms with Gasteiger partial charge in [-0.15, -0.1) is 4.52 Å². The van der Waals surface area contributed by atoms with Crippen molar-refractivity contribution in [3.8, 4) is 0 Å². The molecule has 0 aliphatic rings. The SMILES string of the molecule is CO[P+](=O)c1ccc(C(C)=O)cc1. The highest BCUT2D eigenvalue weighted by Crippen LogP contribution is 2.19. The number of rotatable bonds is 3. The lowest BCUT2D eigenvalue weighted by atomic mass is 10.2. The quantitative estimate of drug-likeness (QED) is 0.549. The molecule has 1 rings (SSSR count). The normalized spacial score (nSPS) is 11.1. The molecule has 1 aromatic carbocycles. The van der Waals surface area contributed by atoms with Crippen molar-refractivity contribution in [3.05, 3.63) is 29.8 Å². The van der Waals surface area contributed by atoms with Gasteiger partial charge in [-0.1, -0.05) is 0 Å². The number of benzene rings is 1. The Hall–Kier alpha value is -1.05. The molecule has 0 aromatic heterocycles. The Morgan fingerprint density at radius 2 is 1.85 bits per heavy atom. The van der Waals surface area contributed by atoms with Gasteiger partial charge in [-0.25, -0.2) is 0 Å². The summed E-state index contributed by atoms with van der Waals surface area (Å²) in [5.74, 6) is -0.000747. The van der Waals surface area contributed by atoms with Crippen molar-refractivity contribution >= 4 is 19.1 Å². The van der Waals surface area contributed by atoms with Crippen LogP contribution < -0.4 is 5.30 Å². The second-order valence-corrected chi connectivity index (χ2v) is 3.94. The maximum Gasteiger partial charge on any atom is 0.548 e. The first-order valence-electron chi connectivity index (χ1n) is 3.77. The summed E-state index contributed by atoms with van der Waals surface area (Å²) in [7, 11) is -0.380. The smallest absolute Gasteiger partial charge is 0.295 e. The molecule has 0 radical (unpaired) electrons. The molecule has 0 N–H and O–H groups in total. The summed E-state index contributed by atoms with van der Waals surface area (Å²) < 4.78 is 15.8. The summed E-state index contributed by atoms with van der Waals surface area (Å²) in [5, 5.41) is 0.600. The third-order valence-electron chi connectivity index (χ3n) is 1.65. The van der Waals surface area contributed by atoms with Crippen LogP contribution in [0, 0.1) is 0 Å². The van der Waals surface area contributed by atoms with E-state index >= 15 is 0 Å². The van der Waals surface area contributed by atoms with E-state index in [2.05, 4.69) is 4.52 Å². The molecular weight excluding hydrogens is 187 g/mol. The lowest BCUT2D eigenvalue weighted by molar-refractivity contribution is 0.101. The van der Waals surface area contributed by atoms with Crippen molar-refractivity contribution in [2.24, 2.45) is 0 Å². The third kappa shape index (κ3) is 2.44. The minimum atomic E-state index is -1.77. The zero-order valence-electron chi connectivity index (χ0n) is 7.48. The monoisotopic (exact) mass is 197 g/mol. The van der Waals surface area contributed by atoms with Crippen molar-refractivity contribution in [3.63, 3.8) is 0 Å². The molecule has 0 aliphatic heterocycles. The lowest BCUT2D eigenvalue weighted by Crippen LogP contribution is -1.99. The average molecular weight is 197 g/mol. The Labute approximate surface area is 77.6 Å². The van der Waals surface area contributed by atoms with Gasteiger partial charge in [-0.05, 0) is 35.8 Å². The molecule has 0 spiro atoms. The van der Waals surface area contributed by atoms with Gasteiger partial charge in [0.2, 0.25) is 5.30 Å². The first-order chi connectivity index (χ1) is 6.15. The van der Waals surface area contributed by atoms with E-state index in [1.54, 1.807) is 24.3 Å². The molecule has 0 saturated carbocycles. The summed E-state index contributed by atoms with van der Waals surface area (Å²) in [4.78, 5) is 10.9. The molecule has 1 atom stereocenters. The third-order valence-corrected chi connectivity index (χ3v) is 2.70. The fraction of sp³-hybridized carbons (Fsp3) is 0.222. The van der Waals surface area contributed by atoms with Gasteiger partial charge in [0.05, 0.1) is 7.11 Å². The van der Waals surface area contributed by atoms with Gasteiger partial charge in [-0.3, -0.25) is 4.79 Å². The summed E-state index contributed by atoms with van der Waals surface area (Å²) in [6.45, 7) is 1.49. The average Bonchev–Trinajstić information content (AvgIpc) is 2.17. The molecule has 4 heteroatoms. The number of carbonyl (C=O) groups is 1. The zero-order chi connectivity index (χ0) is 9.84. The van der Waals surface area contributed by atoms with Crippen molar-refractivity contribution in [1.29, 1.82) is 0 Å². The van der Waals surface area contributed by atoms with Gasteiger partial charge in [-0.2, -0.15) is 0 Å². The van der Waals surface area contributed by atoms with Gasteiger partial charge in [0.15, 0.2) is 5.78 Å².